The van der Waals surface area contributed by atoms with Crippen LogP contribution in [0.3, 0.4) is 0 Å². The Morgan fingerprint density at radius 3 is 2.71 bits per heavy atom. The number of benzene rings is 1. The second-order valence-corrected chi connectivity index (χ2v) is 3.26. The third kappa shape index (κ3) is 2.52. The first-order chi connectivity index (χ1) is 8.04. The summed E-state index contributed by atoms with van der Waals surface area (Å²) in [6, 6.07) is 3.82. The molecule has 1 rings (SSSR count). The summed E-state index contributed by atoms with van der Waals surface area (Å²) in [4.78, 5) is 21.5. The van der Waals surface area contributed by atoms with Crippen LogP contribution >= 0.6 is 11.6 Å². The lowest BCUT2D eigenvalue weighted by Crippen LogP contribution is -2.07. The number of methoxy groups -OCH3 is 1. The number of nitro benzene ring substituents is 1. The number of alkyl halides is 1. The molecule has 0 atom stereocenters. The Hall–Kier alpha value is -2.13. The van der Waals surface area contributed by atoms with Crippen molar-refractivity contribution in [2.75, 3.05) is 13.0 Å². The maximum atomic E-state index is 11.5. The van der Waals surface area contributed by atoms with Gasteiger partial charge in [0.2, 0.25) is 0 Å². The highest BCUT2D eigenvalue weighted by Gasteiger charge is 2.21. The lowest BCUT2D eigenvalue weighted by atomic mass is 10.0. The predicted molar refractivity (Wildman–Crippen MR) is 59.4 cm³/mol. The number of non-ortho nitro benzene ring substituents is 1. The molecule has 0 radical (unpaired) electrons. The SMILES string of the molecule is COc1cc([N+](=O)[O-])cc(C#N)c1C(=O)CCl. The predicted octanol–water partition coefficient (Wildman–Crippen LogP) is 1.90. The first kappa shape index (κ1) is 12.9. The maximum Gasteiger partial charge on any atom is 0.274 e. The molecule has 0 spiro atoms. The zero-order valence-electron chi connectivity index (χ0n) is 8.77. The van der Waals surface area contributed by atoms with Gasteiger partial charge in [-0.15, -0.1) is 11.6 Å². The highest BCUT2D eigenvalue weighted by molar-refractivity contribution is 6.31. The third-order valence-electron chi connectivity index (χ3n) is 2.04. The molecule has 0 bridgehead atoms. The van der Waals surface area contributed by atoms with Crippen LogP contribution in [0, 0.1) is 21.4 Å². The van der Waals surface area contributed by atoms with Gasteiger partial charge in [0.1, 0.15) is 11.8 Å². The van der Waals surface area contributed by atoms with E-state index in [1.807, 2.05) is 0 Å². The van der Waals surface area contributed by atoms with Crippen LogP contribution in [0.1, 0.15) is 15.9 Å². The average Bonchev–Trinajstić information content (AvgIpc) is 2.35. The largest absolute Gasteiger partial charge is 0.496 e. The standard InChI is InChI=1S/C10H7ClN2O4/c1-17-9-3-7(13(15)16)2-6(5-12)10(9)8(14)4-11/h2-3H,4H2,1H3. The lowest BCUT2D eigenvalue weighted by molar-refractivity contribution is -0.384. The summed E-state index contributed by atoms with van der Waals surface area (Å²) in [5.41, 5.74) is -0.471. The van der Waals surface area contributed by atoms with E-state index in [0.29, 0.717) is 0 Å². The number of Topliss-reactive ketones (excluding diaryl/α,β-unsaturated/α-hetero) is 1. The highest BCUT2D eigenvalue weighted by atomic mass is 35.5. The number of nitro groups is 1. The Morgan fingerprint density at radius 2 is 2.29 bits per heavy atom. The quantitative estimate of drug-likeness (QED) is 0.354. The van der Waals surface area contributed by atoms with E-state index in [1.54, 1.807) is 6.07 Å². The van der Waals surface area contributed by atoms with Gasteiger partial charge in [-0.25, -0.2) is 0 Å². The van der Waals surface area contributed by atoms with Crippen LogP contribution in [-0.4, -0.2) is 23.7 Å². The van der Waals surface area contributed by atoms with E-state index in [2.05, 4.69) is 0 Å². The Kier molecular flexibility index (Phi) is 4.01. The van der Waals surface area contributed by atoms with Crippen LogP contribution in [0.5, 0.6) is 5.75 Å². The molecule has 0 unspecified atom stereocenters. The van der Waals surface area contributed by atoms with E-state index in [4.69, 9.17) is 21.6 Å². The summed E-state index contributed by atoms with van der Waals surface area (Å²) in [6.07, 6.45) is 0. The van der Waals surface area contributed by atoms with Crippen molar-refractivity contribution in [3.8, 4) is 11.8 Å². The maximum absolute atomic E-state index is 11.5. The van der Waals surface area contributed by atoms with Gasteiger partial charge < -0.3 is 4.74 Å². The van der Waals surface area contributed by atoms with Crippen molar-refractivity contribution in [1.82, 2.24) is 0 Å². The number of nitrogens with zero attached hydrogens (tertiary/aromatic N) is 2. The van der Waals surface area contributed by atoms with Gasteiger partial charge in [0, 0.05) is 6.07 Å². The van der Waals surface area contributed by atoms with Gasteiger partial charge in [0.25, 0.3) is 5.69 Å². The number of hydrogen-bond acceptors (Lipinski definition) is 5. The number of rotatable bonds is 4. The molecular weight excluding hydrogens is 248 g/mol. The van der Waals surface area contributed by atoms with Gasteiger partial charge in [-0.3, -0.25) is 14.9 Å². The first-order valence-electron chi connectivity index (χ1n) is 4.40. The number of carbonyl (C=O) groups is 1. The van der Waals surface area contributed by atoms with E-state index in [9.17, 15) is 14.9 Å². The van der Waals surface area contributed by atoms with Gasteiger partial charge in [0.15, 0.2) is 5.78 Å². The fourth-order valence-corrected chi connectivity index (χ4v) is 1.44. The summed E-state index contributed by atoms with van der Waals surface area (Å²) < 4.78 is 4.87. The zero-order chi connectivity index (χ0) is 13.0. The van der Waals surface area contributed by atoms with Gasteiger partial charge >= 0.3 is 0 Å². The second kappa shape index (κ2) is 5.27. The van der Waals surface area contributed by atoms with Gasteiger partial charge in [0.05, 0.1) is 35.1 Å². The van der Waals surface area contributed by atoms with E-state index >= 15 is 0 Å². The van der Waals surface area contributed by atoms with Crippen molar-refractivity contribution in [2.45, 2.75) is 0 Å². The monoisotopic (exact) mass is 254 g/mol. The molecular formula is C10H7ClN2O4. The molecule has 0 saturated heterocycles. The fraction of sp³-hybridized carbons (Fsp3) is 0.200. The third-order valence-corrected chi connectivity index (χ3v) is 2.28. The Labute approximate surface area is 102 Å². The lowest BCUT2D eigenvalue weighted by Gasteiger charge is -2.07. The second-order valence-electron chi connectivity index (χ2n) is 3.00. The minimum atomic E-state index is -0.668. The van der Waals surface area contributed by atoms with Crippen molar-refractivity contribution < 1.29 is 14.5 Å². The molecule has 17 heavy (non-hydrogen) atoms. The molecule has 0 aliphatic heterocycles. The number of halogens is 1. The normalized spacial score (nSPS) is 9.47. The molecule has 88 valence electrons. The molecule has 0 saturated carbocycles. The minimum Gasteiger partial charge on any atom is -0.496 e. The van der Waals surface area contributed by atoms with Crippen molar-refractivity contribution in [2.24, 2.45) is 0 Å². The summed E-state index contributed by atoms with van der Waals surface area (Å²) in [6.45, 7) is 0. The van der Waals surface area contributed by atoms with E-state index < -0.39 is 10.7 Å². The molecule has 0 aliphatic carbocycles. The van der Waals surface area contributed by atoms with Crippen molar-refractivity contribution in [1.29, 1.82) is 5.26 Å². The summed E-state index contributed by atoms with van der Waals surface area (Å²) in [7, 11) is 1.26. The summed E-state index contributed by atoms with van der Waals surface area (Å²) in [5, 5.41) is 19.5. The Bertz CT molecular complexity index is 522. The number of hydrogen-bond donors (Lipinski definition) is 0. The molecule has 0 aromatic heterocycles. The van der Waals surface area contributed by atoms with Crippen LogP contribution in [0.25, 0.3) is 0 Å². The molecule has 0 amide bonds. The summed E-state index contributed by atoms with van der Waals surface area (Å²) >= 11 is 5.40. The summed E-state index contributed by atoms with van der Waals surface area (Å²) in [5.74, 6) is -0.876. The molecule has 0 heterocycles. The van der Waals surface area contributed by atoms with Crippen LogP contribution in [-0.2, 0) is 0 Å². The van der Waals surface area contributed by atoms with Gasteiger partial charge in [-0.05, 0) is 0 Å². The molecule has 6 nitrogen and oxygen atoms in total. The highest BCUT2D eigenvalue weighted by Crippen LogP contribution is 2.29. The van der Waals surface area contributed by atoms with E-state index in [-0.39, 0.29) is 28.4 Å². The van der Waals surface area contributed by atoms with E-state index in [1.165, 1.54) is 7.11 Å². The van der Waals surface area contributed by atoms with Crippen molar-refractivity contribution in [3.05, 3.63) is 33.4 Å². The zero-order valence-corrected chi connectivity index (χ0v) is 9.52. The van der Waals surface area contributed by atoms with Crippen LogP contribution < -0.4 is 4.74 Å². The fourth-order valence-electron chi connectivity index (χ4n) is 1.31. The number of carbonyl (C=O) groups excluding carboxylic acids is 1. The molecule has 1 aromatic rings. The molecule has 0 N–H and O–H groups in total. The Balaban J connectivity index is 3.54. The Morgan fingerprint density at radius 1 is 1.65 bits per heavy atom. The van der Waals surface area contributed by atoms with Gasteiger partial charge in [-0.1, -0.05) is 0 Å². The van der Waals surface area contributed by atoms with E-state index in [0.717, 1.165) is 12.1 Å². The van der Waals surface area contributed by atoms with Crippen molar-refractivity contribution in [3.63, 3.8) is 0 Å². The molecule has 1 aromatic carbocycles. The molecule has 7 heteroatoms. The smallest absolute Gasteiger partial charge is 0.274 e. The van der Waals surface area contributed by atoms with Crippen LogP contribution in [0.2, 0.25) is 0 Å². The van der Waals surface area contributed by atoms with Crippen LogP contribution in [0.15, 0.2) is 12.1 Å². The number of ketones is 1. The number of ether oxygens (including phenoxy) is 1. The van der Waals surface area contributed by atoms with Gasteiger partial charge in [-0.2, -0.15) is 5.26 Å². The topological polar surface area (TPSA) is 93.2 Å². The first-order valence-corrected chi connectivity index (χ1v) is 4.94. The molecule has 0 fully saturated rings. The number of nitriles is 1. The van der Waals surface area contributed by atoms with Crippen LogP contribution in [0.4, 0.5) is 5.69 Å². The average molecular weight is 255 g/mol. The molecule has 0 aliphatic rings. The minimum absolute atomic E-state index is 0.0265. The van der Waals surface area contributed by atoms with Crippen molar-refractivity contribution >= 4 is 23.1 Å².